The molecule has 2 aromatic carbocycles. The van der Waals surface area contributed by atoms with Crippen LogP contribution in [0.2, 0.25) is 0 Å². The minimum absolute atomic E-state index is 0.0918. The number of hydrogen-bond donors (Lipinski definition) is 1. The topological polar surface area (TPSA) is 66.0 Å². The van der Waals surface area contributed by atoms with Crippen molar-refractivity contribution in [2.24, 2.45) is 0 Å². The molecule has 0 atom stereocenters. The first kappa shape index (κ1) is 17.7. The van der Waals surface area contributed by atoms with Gasteiger partial charge in [-0.2, -0.15) is 5.10 Å². The van der Waals surface area contributed by atoms with Gasteiger partial charge < -0.3 is 10.5 Å². The molecule has 26 heavy (non-hydrogen) atoms. The molecule has 0 amide bonds. The van der Waals surface area contributed by atoms with E-state index in [1.165, 1.54) is 47.4 Å². The van der Waals surface area contributed by atoms with Crippen LogP contribution in [-0.2, 0) is 12.8 Å². The third kappa shape index (κ3) is 4.50. The maximum atomic E-state index is 13.4. The molecular weight excluding hydrogens is 352 g/mol. The third-order valence-electron chi connectivity index (χ3n) is 3.58. The van der Waals surface area contributed by atoms with E-state index in [0.29, 0.717) is 24.4 Å². The molecule has 136 valence electrons. The molecule has 0 saturated carbocycles. The number of hydrogen-bond acceptors (Lipinski definition) is 4. The Kier molecular flexibility index (Phi) is 4.79. The fraction of sp³-hybridized carbons (Fsp3) is 0.176. The normalized spacial score (nSPS) is 11.5. The van der Waals surface area contributed by atoms with Gasteiger partial charge in [0.05, 0.1) is 11.4 Å². The Morgan fingerprint density at radius 2 is 1.77 bits per heavy atom. The highest BCUT2D eigenvalue weighted by Gasteiger charge is 2.30. The highest BCUT2D eigenvalue weighted by molar-refractivity contribution is 5.41. The molecule has 1 aromatic heterocycles. The number of ether oxygens (including phenoxy) is 1. The number of alkyl halides is 3. The van der Waals surface area contributed by atoms with Crippen LogP contribution in [-0.4, -0.2) is 21.1 Å². The summed E-state index contributed by atoms with van der Waals surface area (Å²) in [5.74, 6) is -0.257. The molecule has 0 aliphatic carbocycles. The van der Waals surface area contributed by atoms with E-state index in [1.807, 2.05) is 0 Å². The van der Waals surface area contributed by atoms with E-state index in [2.05, 4.69) is 14.8 Å². The van der Waals surface area contributed by atoms with Crippen molar-refractivity contribution < 1.29 is 22.3 Å². The van der Waals surface area contributed by atoms with Gasteiger partial charge in [0.1, 0.15) is 17.9 Å². The van der Waals surface area contributed by atoms with Crippen LogP contribution in [0.3, 0.4) is 0 Å². The molecule has 0 unspecified atom stereocenters. The summed E-state index contributed by atoms with van der Waals surface area (Å²) in [5, 5.41) is 4.26. The van der Waals surface area contributed by atoms with Crippen molar-refractivity contribution in [3.8, 4) is 11.4 Å². The van der Waals surface area contributed by atoms with Crippen LogP contribution in [0.1, 0.15) is 11.4 Å². The summed E-state index contributed by atoms with van der Waals surface area (Å²) >= 11 is 0. The van der Waals surface area contributed by atoms with E-state index in [0.717, 1.165) is 5.56 Å². The molecule has 0 saturated heterocycles. The molecule has 0 bridgehead atoms. The van der Waals surface area contributed by atoms with E-state index < -0.39 is 12.2 Å². The van der Waals surface area contributed by atoms with Crippen LogP contribution in [0.5, 0.6) is 5.75 Å². The fourth-order valence-electron chi connectivity index (χ4n) is 2.32. The summed E-state index contributed by atoms with van der Waals surface area (Å²) in [6.45, 7) is 0. The van der Waals surface area contributed by atoms with Crippen molar-refractivity contribution in [2.45, 2.75) is 19.2 Å². The zero-order valence-electron chi connectivity index (χ0n) is 13.4. The van der Waals surface area contributed by atoms with Gasteiger partial charge in [-0.15, -0.1) is 13.2 Å². The molecule has 0 fully saturated rings. The number of aryl methyl sites for hydroxylation is 2. The molecule has 0 radical (unpaired) electrons. The van der Waals surface area contributed by atoms with Crippen molar-refractivity contribution >= 4 is 5.69 Å². The fourth-order valence-corrected chi connectivity index (χ4v) is 2.32. The lowest BCUT2D eigenvalue weighted by Gasteiger charge is -2.09. The Balaban J connectivity index is 1.64. The molecule has 0 aliphatic heterocycles. The van der Waals surface area contributed by atoms with E-state index >= 15 is 0 Å². The summed E-state index contributed by atoms with van der Waals surface area (Å²) in [6, 6.07) is 9.87. The lowest BCUT2D eigenvalue weighted by Crippen LogP contribution is -2.17. The van der Waals surface area contributed by atoms with Gasteiger partial charge in [-0.3, -0.25) is 0 Å². The highest BCUT2D eigenvalue weighted by atomic mass is 19.4. The highest BCUT2D eigenvalue weighted by Crippen LogP contribution is 2.23. The van der Waals surface area contributed by atoms with E-state index in [4.69, 9.17) is 5.73 Å². The van der Waals surface area contributed by atoms with Crippen LogP contribution in [0.25, 0.3) is 5.69 Å². The van der Waals surface area contributed by atoms with Crippen LogP contribution in [0, 0.1) is 5.82 Å². The number of nitrogens with two attached hydrogens (primary N) is 1. The van der Waals surface area contributed by atoms with Gasteiger partial charge in [0.15, 0.2) is 5.82 Å². The molecule has 1 heterocycles. The van der Waals surface area contributed by atoms with Crippen LogP contribution < -0.4 is 10.5 Å². The number of anilines is 1. The van der Waals surface area contributed by atoms with Gasteiger partial charge >= 0.3 is 6.36 Å². The van der Waals surface area contributed by atoms with Crippen molar-refractivity contribution in [1.82, 2.24) is 14.8 Å². The monoisotopic (exact) mass is 366 g/mol. The average molecular weight is 366 g/mol. The smallest absolute Gasteiger partial charge is 0.406 e. The summed E-state index contributed by atoms with van der Waals surface area (Å²) in [6.07, 6.45) is -2.27. The number of nitrogens with zero attached hydrogens (tertiary/aromatic N) is 3. The Morgan fingerprint density at radius 1 is 1.04 bits per heavy atom. The van der Waals surface area contributed by atoms with Crippen LogP contribution >= 0.6 is 0 Å². The largest absolute Gasteiger partial charge is 0.573 e. The summed E-state index contributed by atoms with van der Waals surface area (Å²) < 4.78 is 55.2. The first-order valence-electron chi connectivity index (χ1n) is 7.61. The van der Waals surface area contributed by atoms with Crippen molar-refractivity contribution in [3.05, 3.63) is 66.0 Å². The zero-order valence-corrected chi connectivity index (χ0v) is 13.4. The molecule has 2 N–H and O–H groups in total. The van der Waals surface area contributed by atoms with Gasteiger partial charge in [0.25, 0.3) is 0 Å². The second kappa shape index (κ2) is 7.03. The summed E-state index contributed by atoms with van der Waals surface area (Å²) in [4.78, 5) is 4.15. The van der Waals surface area contributed by atoms with Crippen molar-refractivity contribution in [1.29, 1.82) is 0 Å². The van der Waals surface area contributed by atoms with Crippen LogP contribution in [0.4, 0.5) is 23.2 Å². The zero-order chi connectivity index (χ0) is 18.7. The summed E-state index contributed by atoms with van der Waals surface area (Å²) in [7, 11) is 0. The predicted molar refractivity (Wildman–Crippen MR) is 86.3 cm³/mol. The Bertz CT molecular complexity index is 891. The first-order valence-corrected chi connectivity index (χ1v) is 7.61. The van der Waals surface area contributed by atoms with Crippen molar-refractivity contribution in [3.63, 3.8) is 0 Å². The average Bonchev–Trinajstić information content (AvgIpc) is 3.04. The van der Waals surface area contributed by atoms with E-state index in [-0.39, 0.29) is 11.4 Å². The quantitative estimate of drug-likeness (QED) is 0.553. The minimum Gasteiger partial charge on any atom is -0.406 e. The SMILES string of the molecule is Nc1ccc(CCc2ncn(-c3ccc(OC(F)(F)F)cc3)n2)cc1F. The molecule has 3 rings (SSSR count). The number of nitrogen functional groups attached to an aromatic ring is 1. The molecule has 5 nitrogen and oxygen atoms in total. The second-order valence-corrected chi connectivity index (χ2v) is 5.50. The Morgan fingerprint density at radius 3 is 2.42 bits per heavy atom. The third-order valence-corrected chi connectivity index (χ3v) is 3.58. The van der Waals surface area contributed by atoms with Gasteiger partial charge in [-0.25, -0.2) is 14.1 Å². The molecule has 3 aromatic rings. The Labute approximate surface area is 146 Å². The van der Waals surface area contributed by atoms with Crippen molar-refractivity contribution in [2.75, 3.05) is 5.73 Å². The van der Waals surface area contributed by atoms with E-state index in [9.17, 15) is 17.6 Å². The molecule has 0 spiro atoms. The van der Waals surface area contributed by atoms with Gasteiger partial charge in [0.2, 0.25) is 0 Å². The molecule has 0 aliphatic rings. The lowest BCUT2D eigenvalue weighted by atomic mass is 10.1. The summed E-state index contributed by atoms with van der Waals surface area (Å²) in [5.41, 5.74) is 6.83. The molecule has 9 heteroatoms. The predicted octanol–water partition coefficient (Wildman–Crippen LogP) is 3.67. The standard InChI is InChI=1S/C17H14F4N4O/c18-14-9-11(1-7-15(14)22)2-8-16-23-10-25(24-16)12-3-5-13(6-4-12)26-17(19,20)21/h1,3-7,9-10H,2,8,22H2. The number of halogens is 4. The van der Waals surface area contributed by atoms with Gasteiger partial charge in [-0.05, 0) is 48.4 Å². The molecular formula is C17H14F4N4O. The number of rotatable bonds is 5. The van der Waals surface area contributed by atoms with Crippen LogP contribution in [0.15, 0.2) is 48.8 Å². The maximum Gasteiger partial charge on any atom is 0.573 e. The Hall–Kier alpha value is -3.10. The minimum atomic E-state index is -4.73. The van der Waals surface area contributed by atoms with Gasteiger partial charge in [0, 0.05) is 6.42 Å². The lowest BCUT2D eigenvalue weighted by molar-refractivity contribution is -0.274. The maximum absolute atomic E-state index is 13.4. The van der Waals surface area contributed by atoms with E-state index in [1.54, 1.807) is 6.07 Å². The number of aromatic nitrogens is 3. The first-order chi connectivity index (χ1) is 12.3. The van der Waals surface area contributed by atoms with Gasteiger partial charge in [-0.1, -0.05) is 6.07 Å². The second-order valence-electron chi connectivity index (χ2n) is 5.50. The number of benzene rings is 2.